The van der Waals surface area contributed by atoms with Crippen LogP contribution in [0.4, 0.5) is 0 Å². The Morgan fingerprint density at radius 2 is 1.84 bits per heavy atom. The topological polar surface area (TPSA) is 12.0 Å². The number of aryl methyl sites for hydroxylation is 1. The molecule has 2 aromatic carbocycles. The summed E-state index contributed by atoms with van der Waals surface area (Å²) >= 11 is 0. The van der Waals surface area contributed by atoms with Crippen LogP contribution in [0, 0.1) is 6.92 Å². The van der Waals surface area contributed by atoms with Crippen molar-refractivity contribution in [1.29, 1.82) is 0 Å². The fourth-order valence-electron chi connectivity index (χ4n) is 3.06. The number of rotatable bonds is 2. The van der Waals surface area contributed by atoms with E-state index in [0.717, 1.165) is 25.9 Å². The second-order valence-corrected chi connectivity index (χ2v) is 5.48. The molecule has 1 aliphatic rings. The number of hydrogen-bond acceptors (Lipinski definition) is 1. The molecule has 0 spiro atoms. The van der Waals surface area contributed by atoms with Crippen LogP contribution in [-0.2, 0) is 12.8 Å². The van der Waals surface area contributed by atoms with E-state index < -0.39 is 0 Å². The molecule has 2 aromatic rings. The summed E-state index contributed by atoms with van der Waals surface area (Å²) in [6.07, 6.45) is 2.29. The Hall–Kier alpha value is -1.60. The Kier molecular flexibility index (Phi) is 3.65. The summed E-state index contributed by atoms with van der Waals surface area (Å²) in [5.41, 5.74) is 5.94. The van der Waals surface area contributed by atoms with Crippen LogP contribution in [0.1, 0.15) is 28.2 Å². The molecule has 98 valence electrons. The first-order valence-electron chi connectivity index (χ1n) is 7.17. The summed E-state index contributed by atoms with van der Waals surface area (Å²) in [7, 11) is 0. The van der Waals surface area contributed by atoms with Crippen molar-refractivity contribution < 1.29 is 0 Å². The highest BCUT2D eigenvalue weighted by Crippen LogP contribution is 2.27. The molecule has 1 heteroatoms. The van der Waals surface area contributed by atoms with E-state index >= 15 is 0 Å². The molecule has 1 heterocycles. The summed E-state index contributed by atoms with van der Waals surface area (Å²) in [5.74, 6) is 0.597. The van der Waals surface area contributed by atoms with E-state index in [1.54, 1.807) is 0 Å². The van der Waals surface area contributed by atoms with Crippen molar-refractivity contribution >= 4 is 0 Å². The van der Waals surface area contributed by atoms with Crippen LogP contribution in [0.15, 0.2) is 48.5 Å². The van der Waals surface area contributed by atoms with Gasteiger partial charge in [-0.1, -0.05) is 48.5 Å². The third-order valence-electron chi connectivity index (χ3n) is 4.18. The third kappa shape index (κ3) is 2.71. The maximum Gasteiger partial charge on any atom is 0.00235 e. The molecule has 0 bridgehead atoms. The summed E-state index contributed by atoms with van der Waals surface area (Å²) in [6.45, 7) is 4.40. The lowest BCUT2D eigenvalue weighted by molar-refractivity contribution is 0.605. The smallest absolute Gasteiger partial charge is 0.00235 e. The van der Waals surface area contributed by atoms with Crippen LogP contribution in [0.3, 0.4) is 0 Å². The molecule has 3 rings (SSSR count). The van der Waals surface area contributed by atoms with Gasteiger partial charge in [0.15, 0.2) is 0 Å². The second-order valence-electron chi connectivity index (χ2n) is 5.48. The van der Waals surface area contributed by atoms with Crippen molar-refractivity contribution in [2.24, 2.45) is 0 Å². The van der Waals surface area contributed by atoms with E-state index in [0.29, 0.717) is 5.92 Å². The maximum absolute atomic E-state index is 3.58. The second kappa shape index (κ2) is 5.58. The lowest BCUT2D eigenvalue weighted by Crippen LogP contribution is -2.21. The Bertz CT molecular complexity index is 559. The van der Waals surface area contributed by atoms with E-state index in [9.17, 15) is 0 Å². The zero-order valence-corrected chi connectivity index (χ0v) is 11.5. The lowest BCUT2D eigenvalue weighted by atomic mass is 9.87. The predicted molar refractivity (Wildman–Crippen MR) is 80.6 cm³/mol. The number of fused-ring (bicyclic) bond motifs is 1. The van der Waals surface area contributed by atoms with E-state index in [1.165, 1.54) is 22.3 Å². The van der Waals surface area contributed by atoms with E-state index in [1.807, 2.05) is 0 Å². The van der Waals surface area contributed by atoms with Crippen LogP contribution in [0.5, 0.6) is 0 Å². The van der Waals surface area contributed by atoms with Gasteiger partial charge in [-0.05, 0) is 48.6 Å². The first-order chi connectivity index (χ1) is 9.34. The summed E-state index contributed by atoms with van der Waals surface area (Å²) < 4.78 is 0. The molecule has 0 radical (unpaired) electrons. The highest BCUT2D eigenvalue weighted by atomic mass is 14.9. The molecule has 19 heavy (non-hydrogen) atoms. The molecule has 0 aromatic heterocycles. The zero-order chi connectivity index (χ0) is 13.1. The molecular formula is C18H21N. The first-order valence-corrected chi connectivity index (χ1v) is 7.17. The third-order valence-corrected chi connectivity index (χ3v) is 4.18. The summed E-state index contributed by atoms with van der Waals surface area (Å²) in [4.78, 5) is 0. The summed E-state index contributed by atoms with van der Waals surface area (Å²) in [5, 5.41) is 3.58. The quantitative estimate of drug-likeness (QED) is 0.862. The molecule has 1 aliphatic heterocycles. The van der Waals surface area contributed by atoms with Gasteiger partial charge in [-0.2, -0.15) is 0 Å². The van der Waals surface area contributed by atoms with Crippen LogP contribution >= 0.6 is 0 Å². The monoisotopic (exact) mass is 251 g/mol. The van der Waals surface area contributed by atoms with Crippen LogP contribution in [0.2, 0.25) is 0 Å². The fraction of sp³-hybridized carbons (Fsp3) is 0.333. The predicted octanol–water partition coefficient (Wildman–Crippen LogP) is 3.47. The van der Waals surface area contributed by atoms with Crippen molar-refractivity contribution in [2.75, 3.05) is 13.1 Å². The lowest BCUT2D eigenvalue weighted by Gasteiger charge is -2.18. The standard InChI is InChI=1S/C18H21N/c1-14-6-2-3-8-16(14)12-17-13-19-11-10-15-7-4-5-9-18(15)17/h2-9,17,19H,10-13H2,1H3/t17-/m0/s1. The van der Waals surface area contributed by atoms with Crippen molar-refractivity contribution in [3.63, 3.8) is 0 Å². The van der Waals surface area contributed by atoms with Crippen LogP contribution in [0.25, 0.3) is 0 Å². The van der Waals surface area contributed by atoms with Crippen molar-refractivity contribution in [3.05, 3.63) is 70.8 Å². The average molecular weight is 251 g/mol. The maximum atomic E-state index is 3.58. The van der Waals surface area contributed by atoms with Crippen molar-refractivity contribution in [1.82, 2.24) is 5.32 Å². The normalized spacial score (nSPS) is 18.7. The van der Waals surface area contributed by atoms with Crippen molar-refractivity contribution in [3.8, 4) is 0 Å². The molecule has 1 nitrogen and oxygen atoms in total. The SMILES string of the molecule is Cc1ccccc1C[C@H]1CNCCc2ccccc21. The molecule has 0 amide bonds. The molecular weight excluding hydrogens is 230 g/mol. The Morgan fingerprint density at radius 1 is 1.05 bits per heavy atom. The van der Waals surface area contributed by atoms with Gasteiger partial charge >= 0.3 is 0 Å². The molecule has 0 saturated heterocycles. The van der Waals surface area contributed by atoms with E-state index in [2.05, 4.69) is 60.8 Å². The zero-order valence-electron chi connectivity index (χ0n) is 11.5. The van der Waals surface area contributed by atoms with Gasteiger partial charge in [-0.15, -0.1) is 0 Å². The van der Waals surface area contributed by atoms with E-state index in [4.69, 9.17) is 0 Å². The van der Waals surface area contributed by atoms with Gasteiger partial charge in [0, 0.05) is 12.5 Å². The van der Waals surface area contributed by atoms with Crippen LogP contribution in [-0.4, -0.2) is 13.1 Å². The van der Waals surface area contributed by atoms with Crippen molar-refractivity contribution in [2.45, 2.75) is 25.7 Å². The molecule has 0 saturated carbocycles. The largest absolute Gasteiger partial charge is 0.316 e. The van der Waals surface area contributed by atoms with Gasteiger partial charge < -0.3 is 5.32 Å². The molecule has 0 fully saturated rings. The highest BCUT2D eigenvalue weighted by Gasteiger charge is 2.18. The Balaban J connectivity index is 1.91. The molecule has 1 N–H and O–H groups in total. The van der Waals surface area contributed by atoms with Gasteiger partial charge in [0.2, 0.25) is 0 Å². The number of benzene rings is 2. The minimum absolute atomic E-state index is 0.597. The Labute approximate surface area is 115 Å². The fourth-order valence-corrected chi connectivity index (χ4v) is 3.06. The van der Waals surface area contributed by atoms with Gasteiger partial charge in [0.05, 0.1) is 0 Å². The van der Waals surface area contributed by atoms with Gasteiger partial charge in [0.25, 0.3) is 0 Å². The minimum Gasteiger partial charge on any atom is -0.316 e. The van der Waals surface area contributed by atoms with Gasteiger partial charge in [-0.25, -0.2) is 0 Å². The van der Waals surface area contributed by atoms with Crippen LogP contribution < -0.4 is 5.32 Å². The van der Waals surface area contributed by atoms with Gasteiger partial charge in [-0.3, -0.25) is 0 Å². The average Bonchev–Trinajstić information content (AvgIpc) is 2.64. The molecule has 1 atom stereocenters. The Morgan fingerprint density at radius 3 is 2.74 bits per heavy atom. The summed E-state index contributed by atoms with van der Waals surface area (Å²) in [6, 6.07) is 17.7. The number of nitrogens with one attached hydrogen (secondary N) is 1. The highest BCUT2D eigenvalue weighted by molar-refractivity contribution is 5.35. The number of hydrogen-bond donors (Lipinski definition) is 1. The minimum atomic E-state index is 0.597. The van der Waals surface area contributed by atoms with E-state index in [-0.39, 0.29) is 0 Å². The molecule has 0 aliphatic carbocycles. The van der Waals surface area contributed by atoms with Gasteiger partial charge in [0.1, 0.15) is 0 Å². The molecule has 0 unspecified atom stereocenters. The first kappa shape index (κ1) is 12.4.